The van der Waals surface area contributed by atoms with Crippen molar-refractivity contribution in [3.8, 4) is 0 Å². The van der Waals surface area contributed by atoms with Crippen LogP contribution in [0, 0.1) is 12.3 Å². The molecule has 3 heterocycles. The van der Waals surface area contributed by atoms with Crippen LogP contribution in [0.1, 0.15) is 49.1 Å². The molecule has 5 nitrogen and oxygen atoms in total. The third-order valence-corrected chi connectivity index (χ3v) is 7.46. The lowest BCUT2D eigenvalue weighted by molar-refractivity contribution is 0.0150. The van der Waals surface area contributed by atoms with Gasteiger partial charge in [-0.1, -0.05) is 38.5 Å². The Bertz CT molecular complexity index is 861. The van der Waals surface area contributed by atoms with Crippen LogP contribution in [-0.4, -0.2) is 42.2 Å². The zero-order valence-electron chi connectivity index (χ0n) is 17.9. The first kappa shape index (κ1) is 20.4. The van der Waals surface area contributed by atoms with E-state index < -0.39 is 0 Å². The quantitative estimate of drug-likeness (QED) is 0.711. The Morgan fingerprint density at radius 1 is 1.17 bits per heavy atom. The Balaban J connectivity index is 1.38. The molecule has 1 spiro atoms. The molecule has 29 heavy (non-hydrogen) atoms. The molecule has 156 valence electrons. The van der Waals surface area contributed by atoms with Crippen molar-refractivity contribution in [2.75, 3.05) is 31.1 Å². The molecule has 0 aliphatic carbocycles. The van der Waals surface area contributed by atoms with E-state index in [4.69, 9.17) is 4.74 Å². The second-order valence-electron chi connectivity index (χ2n) is 9.63. The summed E-state index contributed by atoms with van der Waals surface area (Å²) in [5, 5.41) is 1.20. The molecule has 2 aliphatic rings. The van der Waals surface area contributed by atoms with Gasteiger partial charge in [0.15, 0.2) is 0 Å². The molecular weight excluding hydrogens is 382 g/mol. The molecule has 0 N–H and O–H groups in total. The van der Waals surface area contributed by atoms with Crippen molar-refractivity contribution in [2.45, 2.75) is 52.5 Å². The fraction of sp³-hybridized carbons (Fsp3) is 0.565. The van der Waals surface area contributed by atoms with E-state index in [9.17, 15) is 4.79 Å². The maximum Gasteiger partial charge on any atom is 0.414 e. The maximum atomic E-state index is 12.4. The molecule has 4 rings (SSSR count). The highest BCUT2D eigenvalue weighted by Gasteiger charge is 2.43. The van der Waals surface area contributed by atoms with Gasteiger partial charge in [-0.05, 0) is 45.0 Å². The summed E-state index contributed by atoms with van der Waals surface area (Å²) >= 11 is 1.83. The fourth-order valence-corrected chi connectivity index (χ4v) is 5.11. The molecule has 1 aromatic heterocycles. The first-order valence-electron chi connectivity index (χ1n) is 10.4. The van der Waals surface area contributed by atoms with Crippen LogP contribution < -0.4 is 4.90 Å². The van der Waals surface area contributed by atoms with Crippen molar-refractivity contribution in [1.82, 2.24) is 9.88 Å². The van der Waals surface area contributed by atoms with Crippen molar-refractivity contribution >= 4 is 23.1 Å². The number of ether oxygens (including phenoxy) is 1. The summed E-state index contributed by atoms with van der Waals surface area (Å²) in [5.41, 5.74) is 2.29. The van der Waals surface area contributed by atoms with Crippen LogP contribution in [0.2, 0.25) is 0 Å². The van der Waals surface area contributed by atoms with Gasteiger partial charge < -0.3 is 4.74 Å². The summed E-state index contributed by atoms with van der Waals surface area (Å²) in [4.78, 5) is 22.7. The summed E-state index contributed by atoms with van der Waals surface area (Å²) in [5.74, 6) is 0. The molecule has 2 saturated heterocycles. The molecule has 2 aliphatic heterocycles. The zero-order valence-corrected chi connectivity index (χ0v) is 18.7. The average Bonchev–Trinajstić information content (AvgIpc) is 3.16. The van der Waals surface area contributed by atoms with Crippen LogP contribution >= 0.6 is 11.3 Å². The van der Waals surface area contributed by atoms with E-state index in [0.29, 0.717) is 6.61 Å². The molecule has 0 saturated carbocycles. The van der Waals surface area contributed by atoms with Gasteiger partial charge in [0.05, 0.1) is 5.01 Å². The number of hydrogen-bond donors (Lipinski definition) is 0. The van der Waals surface area contributed by atoms with E-state index in [0.717, 1.165) is 44.7 Å². The number of amides is 1. The van der Waals surface area contributed by atoms with Gasteiger partial charge in [0, 0.05) is 40.7 Å². The van der Waals surface area contributed by atoms with Gasteiger partial charge in [-0.2, -0.15) is 0 Å². The van der Waals surface area contributed by atoms with E-state index in [-0.39, 0.29) is 16.9 Å². The van der Waals surface area contributed by atoms with Gasteiger partial charge in [0.25, 0.3) is 0 Å². The van der Waals surface area contributed by atoms with Crippen molar-refractivity contribution in [2.24, 2.45) is 5.41 Å². The van der Waals surface area contributed by atoms with Gasteiger partial charge in [-0.3, -0.25) is 9.80 Å². The number of cyclic esters (lactones) is 1. The highest BCUT2D eigenvalue weighted by molar-refractivity contribution is 7.11. The predicted octanol–water partition coefficient (Wildman–Crippen LogP) is 4.99. The number of likely N-dealkylation sites (tertiary alicyclic amines) is 1. The second-order valence-corrected chi connectivity index (χ2v) is 10.7. The molecule has 0 radical (unpaired) electrons. The number of anilines is 1. The topological polar surface area (TPSA) is 45.7 Å². The maximum absolute atomic E-state index is 12.4. The number of carbonyl (C=O) groups is 1. The van der Waals surface area contributed by atoms with E-state index >= 15 is 0 Å². The Morgan fingerprint density at radius 3 is 2.48 bits per heavy atom. The number of aryl methyl sites for hydroxylation is 1. The van der Waals surface area contributed by atoms with Crippen LogP contribution in [0.25, 0.3) is 0 Å². The minimum atomic E-state index is -0.221. The monoisotopic (exact) mass is 413 g/mol. The number of benzene rings is 1. The standard InChI is InChI=1S/C23H31N3O2S/c1-17-5-7-18(8-6-17)26-15-23(16-28-21(26)27)9-11-25(12-10-23)14-19-13-24-20(29-19)22(2,3)4/h5-8,13H,9-12,14-16H2,1-4H3. The number of thiazole rings is 1. The number of rotatable bonds is 3. The second kappa shape index (κ2) is 7.73. The number of nitrogens with zero attached hydrogens (tertiary/aromatic N) is 3. The summed E-state index contributed by atoms with van der Waals surface area (Å²) < 4.78 is 5.62. The lowest BCUT2D eigenvalue weighted by Crippen LogP contribution is -2.54. The SMILES string of the molecule is Cc1ccc(N2CC3(CCN(Cc4cnc(C(C)(C)C)s4)CC3)COC2=O)cc1. The molecule has 2 aromatic rings. The van der Waals surface area contributed by atoms with E-state index in [1.54, 1.807) is 0 Å². The van der Waals surface area contributed by atoms with Crippen molar-refractivity contribution in [1.29, 1.82) is 0 Å². The Kier molecular flexibility index (Phi) is 5.42. The summed E-state index contributed by atoms with van der Waals surface area (Å²) in [6, 6.07) is 8.13. The van der Waals surface area contributed by atoms with Gasteiger partial charge >= 0.3 is 6.09 Å². The molecule has 0 bridgehead atoms. The first-order chi connectivity index (χ1) is 13.7. The summed E-state index contributed by atoms with van der Waals surface area (Å²) in [7, 11) is 0. The lowest BCUT2D eigenvalue weighted by atomic mass is 9.78. The van der Waals surface area contributed by atoms with Crippen LogP contribution in [0.15, 0.2) is 30.5 Å². The largest absolute Gasteiger partial charge is 0.448 e. The molecule has 1 amide bonds. The third-order valence-electron chi connectivity index (χ3n) is 6.05. The molecule has 2 fully saturated rings. The summed E-state index contributed by atoms with van der Waals surface area (Å²) in [6.07, 6.45) is 3.92. The number of carbonyl (C=O) groups excluding carboxylic acids is 1. The van der Waals surface area contributed by atoms with Gasteiger partial charge in [-0.15, -0.1) is 11.3 Å². The van der Waals surface area contributed by atoms with Crippen molar-refractivity contribution in [3.05, 3.63) is 45.9 Å². The van der Waals surface area contributed by atoms with Crippen LogP contribution in [-0.2, 0) is 16.7 Å². The minimum Gasteiger partial charge on any atom is -0.448 e. The highest BCUT2D eigenvalue weighted by atomic mass is 32.1. The fourth-order valence-electron chi connectivity index (χ4n) is 4.10. The van der Waals surface area contributed by atoms with Crippen molar-refractivity contribution in [3.63, 3.8) is 0 Å². The minimum absolute atomic E-state index is 0.0551. The number of piperidine rings is 1. The zero-order chi connectivity index (χ0) is 20.6. The van der Waals surface area contributed by atoms with Gasteiger partial charge in [0.2, 0.25) is 0 Å². The van der Waals surface area contributed by atoms with E-state index in [1.807, 2.05) is 46.7 Å². The normalized spacial score (nSPS) is 20.1. The van der Waals surface area contributed by atoms with Crippen LogP contribution in [0.4, 0.5) is 10.5 Å². The smallest absolute Gasteiger partial charge is 0.414 e. The van der Waals surface area contributed by atoms with Crippen LogP contribution in [0.5, 0.6) is 0 Å². The van der Waals surface area contributed by atoms with Crippen molar-refractivity contribution < 1.29 is 9.53 Å². The number of hydrogen-bond acceptors (Lipinski definition) is 5. The highest BCUT2D eigenvalue weighted by Crippen LogP contribution is 2.38. The molecule has 0 atom stereocenters. The van der Waals surface area contributed by atoms with E-state index in [2.05, 4.69) is 37.6 Å². The predicted molar refractivity (Wildman–Crippen MR) is 118 cm³/mol. The average molecular weight is 414 g/mol. The summed E-state index contributed by atoms with van der Waals surface area (Å²) in [6.45, 7) is 13.0. The first-order valence-corrected chi connectivity index (χ1v) is 11.2. The lowest BCUT2D eigenvalue weighted by Gasteiger charge is -2.46. The Hall–Kier alpha value is -1.92. The van der Waals surface area contributed by atoms with E-state index in [1.165, 1.54) is 15.4 Å². The molecule has 1 aromatic carbocycles. The third kappa shape index (κ3) is 4.48. The molecule has 0 unspecified atom stereocenters. The number of aromatic nitrogens is 1. The Labute approximate surface area is 177 Å². The molecular formula is C23H31N3O2S. The van der Waals surface area contributed by atoms with Gasteiger partial charge in [-0.25, -0.2) is 9.78 Å². The Morgan fingerprint density at radius 2 is 1.86 bits per heavy atom. The van der Waals surface area contributed by atoms with Crippen LogP contribution in [0.3, 0.4) is 0 Å². The van der Waals surface area contributed by atoms with Gasteiger partial charge in [0.1, 0.15) is 6.61 Å². The molecule has 6 heteroatoms.